The van der Waals surface area contributed by atoms with Crippen LogP contribution in [0.2, 0.25) is 0 Å². The molecule has 1 heterocycles. The number of aromatic amines is 1. The van der Waals surface area contributed by atoms with E-state index < -0.39 is 47.9 Å². The second-order valence-corrected chi connectivity index (χ2v) is 9.15. The Hall–Kier alpha value is -3.03. The van der Waals surface area contributed by atoms with Gasteiger partial charge in [-0.1, -0.05) is 20.3 Å². The zero-order valence-corrected chi connectivity index (χ0v) is 21.2. The van der Waals surface area contributed by atoms with Crippen molar-refractivity contribution in [3.8, 4) is 0 Å². The van der Waals surface area contributed by atoms with E-state index in [0.29, 0.717) is 50.9 Å². The molecule has 1 aromatic rings. The molecule has 0 aliphatic rings. The number of aliphatic carboxylic acids is 1. The highest BCUT2D eigenvalue weighted by molar-refractivity contribution is 5.94. The van der Waals surface area contributed by atoms with Crippen LogP contribution < -0.4 is 33.2 Å². The minimum Gasteiger partial charge on any atom is -0.480 e. The van der Waals surface area contributed by atoms with Gasteiger partial charge in [0.25, 0.3) is 0 Å². The summed E-state index contributed by atoms with van der Waals surface area (Å²) in [6.07, 6.45) is 6.35. The maximum atomic E-state index is 13.2. The van der Waals surface area contributed by atoms with Gasteiger partial charge in [0.2, 0.25) is 17.7 Å². The highest BCUT2D eigenvalue weighted by atomic mass is 16.4. The number of nitrogens with zero attached hydrogens (tertiary/aromatic N) is 1. The fourth-order valence-corrected chi connectivity index (χ4v) is 3.55. The first-order chi connectivity index (χ1) is 17.1. The maximum Gasteiger partial charge on any atom is 0.326 e. The molecule has 11 N–H and O–H groups in total. The van der Waals surface area contributed by atoms with Crippen LogP contribution in [0.1, 0.15) is 58.1 Å². The monoisotopic (exact) mass is 510 g/mol. The van der Waals surface area contributed by atoms with Crippen LogP contribution in [0.15, 0.2) is 12.5 Å². The molecule has 13 heteroatoms. The van der Waals surface area contributed by atoms with Crippen LogP contribution in [0.25, 0.3) is 0 Å². The summed E-state index contributed by atoms with van der Waals surface area (Å²) in [4.78, 5) is 57.2. The molecule has 204 valence electrons. The number of carbonyl (C=O) groups is 4. The Morgan fingerprint density at radius 1 is 0.917 bits per heavy atom. The first kappa shape index (κ1) is 31.0. The summed E-state index contributed by atoms with van der Waals surface area (Å²) in [6.45, 7) is 4.26. The highest BCUT2D eigenvalue weighted by Gasteiger charge is 2.31. The molecule has 0 radical (unpaired) electrons. The van der Waals surface area contributed by atoms with Crippen molar-refractivity contribution in [1.29, 1.82) is 0 Å². The molecular weight excluding hydrogens is 468 g/mol. The minimum atomic E-state index is -1.18. The van der Waals surface area contributed by atoms with E-state index in [9.17, 15) is 24.3 Å². The Morgan fingerprint density at radius 2 is 1.50 bits per heavy atom. The van der Waals surface area contributed by atoms with Crippen molar-refractivity contribution in [2.75, 3.05) is 13.1 Å². The number of H-pyrrole nitrogens is 1. The Labute approximate surface area is 211 Å². The molecule has 3 amide bonds. The molecule has 1 aromatic heterocycles. The third kappa shape index (κ3) is 11.1. The number of aromatic nitrogens is 2. The van der Waals surface area contributed by atoms with Gasteiger partial charge >= 0.3 is 5.97 Å². The minimum absolute atomic E-state index is 0.0457. The van der Waals surface area contributed by atoms with E-state index in [-0.39, 0.29) is 12.3 Å². The van der Waals surface area contributed by atoms with Gasteiger partial charge in [0.15, 0.2) is 0 Å². The summed E-state index contributed by atoms with van der Waals surface area (Å²) in [5.74, 6) is -3.27. The van der Waals surface area contributed by atoms with E-state index in [1.807, 2.05) is 0 Å². The third-order valence-corrected chi connectivity index (χ3v) is 5.73. The van der Waals surface area contributed by atoms with Crippen molar-refractivity contribution in [2.45, 2.75) is 83.0 Å². The van der Waals surface area contributed by atoms with Gasteiger partial charge in [0.1, 0.15) is 18.1 Å². The zero-order valence-electron chi connectivity index (χ0n) is 21.2. The number of amides is 3. The number of nitrogens with one attached hydrogen (secondary N) is 4. The molecule has 0 aliphatic carbocycles. The van der Waals surface area contributed by atoms with Gasteiger partial charge in [-0.2, -0.15) is 0 Å². The average molecular weight is 511 g/mol. The summed E-state index contributed by atoms with van der Waals surface area (Å²) in [5.41, 5.74) is 17.6. The lowest BCUT2D eigenvalue weighted by atomic mass is 10.0. The van der Waals surface area contributed by atoms with Crippen molar-refractivity contribution in [1.82, 2.24) is 25.9 Å². The summed E-state index contributed by atoms with van der Waals surface area (Å²) in [6, 6.07) is -3.98. The van der Waals surface area contributed by atoms with Gasteiger partial charge in [0.05, 0.1) is 12.4 Å². The van der Waals surface area contributed by atoms with Gasteiger partial charge < -0.3 is 43.2 Å². The van der Waals surface area contributed by atoms with E-state index in [1.165, 1.54) is 12.5 Å². The molecule has 0 spiro atoms. The number of carbonyl (C=O) groups excluding carboxylic acids is 3. The smallest absolute Gasteiger partial charge is 0.326 e. The second-order valence-electron chi connectivity index (χ2n) is 9.15. The SMILES string of the molecule is CC(C)C(NC(=O)C(Cc1cnc[nH]1)NC(=O)C(CCCCN)NC(=O)C(N)CCCCN)C(=O)O. The number of imidazole rings is 1. The van der Waals surface area contributed by atoms with Crippen LogP contribution in [0.4, 0.5) is 0 Å². The fourth-order valence-electron chi connectivity index (χ4n) is 3.55. The van der Waals surface area contributed by atoms with Gasteiger partial charge in [-0.3, -0.25) is 14.4 Å². The number of nitrogens with two attached hydrogens (primary N) is 3. The molecule has 36 heavy (non-hydrogen) atoms. The van der Waals surface area contributed by atoms with Crippen LogP contribution in [0.5, 0.6) is 0 Å². The van der Waals surface area contributed by atoms with Crippen molar-refractivity contribution in [3.63, 3.8) is 0 Å². The Morgan fingerprint density at radius 3 is 2.03 bits per heavy atom. The topological polar surface area (TPSA) is 231 Å². The largest absolute Gasteiger partial charge is 0.480 e. The van der Waals surface area contributed by atoms with Crippen LogP contribution in [0, 0.1) is 5.92 Å². The number of hydrogen-bond acceptors (Lipinski definition) is 8. The Kier molecular flexibility index (Phi) is 14.3. The van der Waals surface area contributed by atoms with E-state index >= 15 is 0 Å². The molecule has 13 nitrogen and oxygen atoms in total. The quantitative estimate of drug-likeness (QED) is 0.110. The summed E-state index contributed by atoms with van der Waals surface area (Å²) >= 11 is 0. The summed E-state index contributed by atoms with van der Waals surface area (Å²) in [7, 11) is 0. The molecule has 0 saturated carbocycles. The van der Waals surface area contributed by atoms with E-state index in [2.05, 4.69) is 25.9 Å². The van der Waals surface area contributed by atoms with Crippen molar-refractivity contribution >= 4 is 23.7 Å². The average Bonchev–Trinajstić information content (AvgIpc) is 3.34. The number of carboxylic acid groups (broad SMARTS) is 1. The third-order valence-electron chi connectivity index (χ3n) is 5.73. The number of rotatable bonds is 18. The summed E-state index contributed by atoms with van der Waals surface area (Å²) in [5, 5.41) is 17.3. The molecule has 0 fully saturated rings. The predicted octanol–water partition coefficient (Wildman–Crippen LogP) is -1.27. The normalized spacial score (nSPS) is 14.5. The lowest BCUT2D eigenvalue weighted by Crippen LogP contribution is -2.58. The van der Waals surface area contributed by atoms with Crippen LogP contribution in [0.3, 0.4) is 0 Å². The molecule has 0 bridgehead atoms. The zero-order chi connectivity index (χ0) is 27.1. The number of hydrogen-bond donors (Lipinski definition) is 8. The van der Waals surface area contributed by atoms with Crippen molar-refractivity contribution in [2.24, 2.45) is 23.1 Å². The highest BCUT2D eigenvalue weighted by Crippen LogP contribution is 2.08. The molecule has 0 saturated heterocycles. The fraction of sp³-hybridized carbons (Fsp3) is 0.696. The number of carboxylic acids is 1. The van der Waals surface area contributed by atoms with Crippen LogP contribution >= 0.6 is 0 Å². The first-order valence-corrected chi connectivity index (χ1v) is 12.4. The molecule has 4 atom stereocenters. The van der Waals surface area contributed by atoms with Gasteiger partial charge in [-0.25, -0.2) is 9.78 Å². The molecule has 0 aromatic carbocycles. The van der Waals surface area contributed by atoms with Gasteiger partial charge in [-0.05, 0) is 51.1 Å². The van der Waals surface area contributed by atoms with E-state index in [1.54, 1.807) is 13.8 Å². The molecule has 4 unspecified atom stereocenters. The lowest BCUT2D eigenvalue weighted by molar-refractivity contribution is -0.143. The predicted molar refractivity (Wildman–Crippen MR) is 134 cm³/mol. The Balaban J connectivity index is 3.01. The lowest BCUT2D eigenvalue weighted by Gasteiger charge is -2.26. The van der Waals surface area contributed by atoms with Gasteiger partial charge in [0, 0.05) is 18.3 Å². The van der Waals surface area contributed by atoms with E-state index in [0.717, 1.165) is 6.42 Å². The van der Waals surface area contributed by atoms with Crippen LogP contribution in [-0.4, -0.2) is 76.0 Å². The van der Waals surface area contributed by atoms with Crippen molar-refractivity contribution in [3.05, 3.63) is 18.2 Å². The van der Waals surface area contributed by atoms with Gasteiger partial charge in [-0.15, -0.1) is 0 Å². The number of unbranched alkanes of at least 4 members (excludes halogenated alkanes) is 2. The second kappa shape index (κ2) is 16.6. The standard InChI is InChI=1S/C23H42N8O5/c1-14(2)19(23(35)36)31-22(34)18(11-15-12-27-13-28-15)30-21(33)17(8-4-6-10-25)29-20(32)16(26)7-3-5-9-24/h12-14,16-19H,3-11,24-26H2,1-2H3,(H,27,28)(H,29,32)(H,30,33)(H,31,34)(H,35,36). The van der Waals surface area contributed by atoms with Crippen molar-refractivity contribution < 1.29 is 24.3 Å². The Bertz CT molecular complexity index is 817. The first-order valence-electron chi connectivity index (χ1n) is 12.4. The molecule has 0 aliphatic heterocycles. The van der Waals surface area contributed by atoms with Crippen LogP contribution in [-0.2, 0) is 25.6 Å². The maximum absolute atomic E-state index is 13.2. The molecular formula is C23H42N8O5. The summed E-state index contributed by atoms with van der Waals surface area (Å²) < 4.78 is 0. The molecule has 1 rings (SSSR count). The van der Waals surface area contributed by atoms with E-state index in [4.69, 9.17) is 17.2 Å².